The summed E-state index contributed by atoms with van der Waals surface area (Å²) in [5.41, 5.74) is 1.08. The molecule has 3 heteroatoms. The van der Waals surface area contributed by atoms with Crippen LogP contribution >= 0.6 is 0 Å². The van der Waals surface area contributed by atoms with Gasteiger partial charge in [0.05, 0.1) is 11.9 Å². The molecule has 1 rings (SSSR count). The summed E-state index contributed by atoms with van der Waals surface area (Å²) in [6.07, 6.45) is 6.83. The molecule has 78 valence electrons. The summed E-state index contributed by atoms with van der Waals surface area (Å²) in [4.78, 5) is 0. The molecule has 0 amide bonds. The van der Waals surface area contributed by atoms with E-state index in [9.17, 15) is 0 Å². The van der Waals surface area contributed by atoms with E-state index in [1.54, 1.807) is 4.68 Å². The molecule has 0 aromatic carbocycles. The Morgan fingerprint density at radius 3 is 2.86 bits per heavy atom. The van der Waals surface area contributed by atoms with Gasteiger partial charge in [0, 0.05) is 19.3 Å². The number of aryl methyl sites for hydroxylation is 1. The molecular formula is C11H19N3. The highest BCUT2D eigenvalue weighted by Gasteiger charge is 2.10. The Balaban J connectivity index is 2.47. The third-order valence-corrected chi connectivity index (χ3v) is 2.49. The van der Waals surface area contributed by atoms with E-state index >= 15 is 0 Å². The monoisotopic (exact) mass is 193 g/mol. The van der Waals surface area contributed by atoms with Crippen LogP contribution < -0.4 is 5.32 Å². The van der Waals surface area contributed by atoms with E-state index in [0.29, 0.717) is 12.0 Å². The standard InChI is InChI=1S/C11H19N3/c1-5-6-9(2)10(3)13-11-7-12-14(4)8-11/h5,7-10,13H,1,6H2,2-4H3. The molecule has 0 aliphatic rings. The molecule has 1 heterocycles. The van der Waals surface area contributed by atoms with E-state index in [1.165, 1.54) is 0 Å². The van der Waals surface area contributed by atoms with Crippen molar-refractivity contribution in [2.45, 2.75) is 26.3 Å². The van der Waals surface area contributed by atoms with Gasteiger partial charge in [-0.2, -0.15) is 5.10 Å². The number of rotatable bonds is 5. The molecule has 14 heavy (non-hydrogen) atoms. The van der Waals surface area contributed by atoms with Gasteiger partial charge >= 0.3 is 0 Å². The fourth-order valence-corrected chi connectivity index (χ4v) is 1.37. The smallest absolute Gasteiger partial charge is 0.0728 e. The minimum absolute atomic E-state index is 0.442. The SMILES string of the molecule is C=CCC(C)C(C)Nc1cnn(C)c1. The van der Waals surface area contributed by atoms with Crippen LogP contribution in [0.15, 0.2) is 25.0 Å². The number of aromatic nitrogens is 2. The summed E-state index contributed by atoms with van der Waals surface area (Å²) in [6.45, 7) is 8.15. The van der Waals surface area contributed by atoms with E-state index in [-0.39, 0.29) is 0 Å². The maximum absolute atomic E-state index is 4.11. The normalized spacial score (nSPS) is 14.8. The third kappa shape index (κ3) is 2.91. The topological polar surface area (TPSA) is 29.9 Å². The summed E-state index contributed by atoms with van der Waals surface area (Å²) in [7, 11) is 1.92. The van der Waals surface area contributed by atoms with Crippen LogP contribution in [-0.2, 0) is 7.05 Å². The molecule has 0 spiro atoms. The molecule has 0 fully saturated rings. The number of allylic oxidation sites excluding steroid dienone is 1. The number of nitrogens with zero attached hydrogens (tertiary/aromatic N) is 2. The first kappa shape index (κ1) is 10.8. The molecule has 2 atom stereocenters. The van der Waals surface area contributed by atoms with Gasteiger partial charge in [0.2, 0.25) is 0 Å². The van der Waals surface area contributed by atoms with Crippen LogP contribution in [0.1, 0.15) is 20.3 Å². The fraction of sp³-hybridized carbons (Fsp3) is 0.545. The van der Waals surface area contributed by atoms with Crippen molar-refractivity contribution in [3.8, 4) is 0 Å². The zero-order valence-corrected chi connectivity index (χ0v) is 9.20. The highest BCUT2D eigenvalue weighted by Crippen LogP contribution is 2.14. The Kier molecular flexibility index (Phi) is 3.74. The molecule has 0 bridgehead atoms. The summed E-state index contributed by atoms with van der Waals surface area (Å²) < 4.78 is 1.80. The molecule has 0 saturated carbocycles. The zero-order chi connectivity index (χ0) is 10.6. The zero-order valence-electron chi connectivity index (χ0n) is 9.20. The number of nitrogens with one attached hydrogen (secondary N) is 1. The van der Waals surface area contributed by atoms with Gasteiger partial charge in [0.25, 0.3) is 0 Å². The quantitative estimate of drug-likeness (QED) is 0.728. The minimum Gasteiger partial charge on any atom is -0.380 e. The van der Waals surface area contributed by atoms with Crippen molar-refractivity contribution in [3.05, 3.63) is 25.0 Å². The Labute approximate surface area is 85.8 Å². The van der Waals surface area contributed by atoms with Gasteiger partial charge in [-0.1, -0.05) is 13.0 Å². The highest BCUT2D eigenvalue weighted by atomic mass is 15.3. The average molecular weight is 193 g/mol. The molecule has 0 aliphatic heterocycles. The van der Waals surface area contributed by atoms with Crippen LogP contribution in [0.3, 0.4) is 0 Å². The Hall–Kier alpha value is -1.25. The van der Waals surface area contributed by atoms with E-state index in [0.717, 1.165) is 12.1 Å². The average Bonchev–Trinajstić information content (AvgIpc) is 2.51. The van der Waals surface area contributed by atoms with Crippen LogP contribution in [0.4, 0.5) is 5.69 Å². The molecule has 1 N–H and O–H groups in total. The predicted molar refractivity (Wildman–Crippen MR) is 60.3 cm³/mol. The lowest BCUT2D eigenvalue weighted by Crippen LogP contribution is -2.23. The lowest BCUT2D eigenvalue weighted by atomic mass is 10.00. The van der Waals surface area contributed by atoms with E-state index in [2.05, 4.69) is 30.8 Å². The molecule has 0 radical (unpaired) electrons. The molecule has 0 saturated heterocycles. The van der Waals surface area contributed by atoms with E-state index < -0.39 is 0 Å². The van der Waals surface area contributed by atoms with Crippen molar-refractivity contribution >= 4 is 5.69 Å². The molecule has 0 aliphatic carbocycles. The second-order valence-electron chi connectivity index (χ2n) is 3.84. The molecule has 1 aromatic heterocycles. The van der Waals surface area contributed by atoms with Crippen LogP contribution in [0, 0.1) is 5.92 Å². The van der Waals surface area contributed by atoms with Crippen LogP contribution in [0.5, 0.6) is 0 Å². The van der Waals surface area contributed by atoms with Gasteiger partial charge < -0.3 is 5.32 Å². The second kappa shape index (κ2) is 4.84. The summed E-state index contributed by atoms with van der Waals surface area (Å²) in [5.74, 6) is 0.590. The van der Waals surface area contributed by atoms with Gasteiger partial charge in [0.1, 0.15) is 0 Å². The first-order valence-corrected chi connectivity index (χ1v) is 4.99. The summed E-state index contributed by atoms with van der Waals surface area (Å²) in [6, 6.07) is 0.442. The summed E-state index contributed by atoms with van der Waals surface area (Å²) in [5, 5.41) is 7.53. The first-order chi connectivity index (χ1) is 6.63. The number of hydrogen-bond donors (Lipinski definition) is 1. The van der Waals surface area contributed by atoms with E-state index in [1.807, 2.05) is 25.5 Å². The molecule has 1 aromatic rings. The Morgan fingerprint density at radius 2 is 2.36 bits per heavy atom. The highest BCUT2D eigenvalue weighted by molar-refractivity contribution is 5.39. The predicted octanol–water partition coefficient (Wildman–Crippen LogP) is 2.43. The first-order valence-electron chi connectivity index (χ1n) is 4.99. The fourth-order valence-electron chi connectivity index (χ4n) is 1.37. The van der Waals surface area contributed by atoms with Gasteiger partial charge in [-0.25, -0.2) is 0 Å². The summed E-state index contributed by atoms with van der Waals surface area (Å²) >= 11 is 0. The second-order valence-corrected chi connectivity index (χ2v) is 3.84. The molecule has 3 nitrogen and oxygen atoms in total. The van der Waals surface area contributed by atoms with Crippen LogP contribution in [0.2, 0.25) is 0 Å². The lowest BCUT2D eigenvalue weighted by molar-refractivity contribution is 0.517. The Bertz CT molecular complexity index is 290. The Morgan fingerprint density at radius 1 is 1.64 bits per heavy atom. The number of hydrogen-bond acceptors (Lipinski definition) is 2. The minimum atomic E-state index is 0.442. The molecular weight excluding hydrogens is 174 g/mol. The van der Waals surface area contributed by atoms with Gasteiger partial charge in [0.15, 0.2) is 0 Å². The molecule has 2 unspecified atom stereocenters. The van der Waals surface area contributed by atoms with Crippen molar-refractivity contribution in [1.29, 1.82) is 0 Å². The number of anilines is 1. The van der Waals surface area contributed by atoms with Crippen LogP contribution in [0.25, 0.3) is 0 Å². The maximum Gasteiger partial charge on any atom is 0.0728 e. The van der Waals surface area contributed by atoms with Crippen molar-refractivity contribution < 1.29 is 0 Å². The third-order valence-electron chi connectivity index (χ3n) is 2.49. The van der Waals surface area contributed by atoms with Crippen molar-refractivity contribution in [3.63, 3.8) is 0 Å². The van der Waals surface area contributed by atoms with E-state index in [4.69, 9.17) is 0 Å². The van der Waals surface area contributed by atoms with Gasteiger partial charge in [-0.15, -0.1) is 6.58 Å². The van der Waals surface area contributed by atoms with Crippen LogP contribution in [-0.4, -0.2) is 15.8 Å². The van der Waals surface area contributed by atoms with Crippen molar-refractivity contribution in [1.82, 2.24) is 9.78 Å². The maximum atomic E-state index is 4.11. The lowest BCUT2D eigenvalue weighted by Gasteiger charge is -2.19. The van der Waals surface area contributed by atoms with Gasteiger partial charge in [-0.3, -0.25) is 4.68 Å². The van der Waals surface area contributed by atoms with Crippen molar-refractivity contribution in [2.75, 3.05) is 5.32 Å². The van der Waals surface area contributed by atoms with Crippen molar-refractivity contribution in [2.24, 2.45) is 13.0 Å². The largest absolute Gasteiger partial charge is 0.380 e. The van der Waals surface area contributed by atoms with Gasteiger partial charge in [-0.05, 0) is 19.3 Å².